The number of carboxylic acids is 1. The number of hydrogen-bond acceptors (Lipinski definition) is 9. The van der Waals surface area contributed by atoms with E-state index in [2.05, 4.69) is 51.7 Å². The number of carbonyl (C=O) groups is 3. The monoisotopic (exact) mass is 732 g/mol. The fraction of sp³-hybridized carbons (Fsp3) is 0.375. The maximum Gasteiger partial charge on any atom is 0.326 e. The van der Waals surface area contributed by atoms with E-state index in [-0.39, 0.29) is 35.2 Å². The minimum Gasteiger partial charge on any atom is -0.493 e. The van der Waals surface area contributed by atoms with E-state index in [4.69, 9.17) is 25.8 Å². The summed E-state index contributed by atoms with van der Waals surface area (Å²) < 4.78 is 15.5. The largest absolute Gasteiger partial charge is 0.493 e. The van der Waals surface area contributed by atoms with Crippen molar-refractivity contribution in [3.05, 3.63) is 113 Å². The van der Waals surface area contributed by atoms with Gasteiger partial charge in [0, 0.05) is 55.0 Å². The van der Waals surface area contributed by atoms with Crippen molar-refractivity contribution in [3.63, 3.8) is 0 Å². The smallest absolute Gasteiger partial charge is 0.326 e. The predicted octanol–water partition coefficient (Wildman–Crippen LogP) is 6.71. The molecule has 0 aliphatic heterocycles. The zero-order chi connectivity index (χ0) is 38.0. The van der Waals surface area contributed by atoms with Crippen molar-refractivity contribution in [1.82, 2.24) is 20.2 Å². The first-order valence-corrected chi connectivity index (χ1v) is 17.4. The molecule has 52 heavy (non-hydrogen) atoms. The minimum atomic E-state index is -1.16. The summed E-state index contributed by atoms with van der Waals surface area (Å²) in [5.41, 5.74) is 3.95. The normalized spacial score (nSPS) is 11.3. The van der Waals surface area contributed by atoms with E-state index < -0.39 is 23.7 Å². The Balaban J connectivity index is 0.000000280. The van der Waals surface area contributed by atoms with Crippen LogP contribution in [0.25, 0.3) is 0 Å². The zero-order valence-corrected chi connectivity index (χ0v) is 31.4. The molecule has 0 unspecified atom stereocenters. The van der Waals surface area contributed by atoms with Crippen LogP contribution in [0.2, 0.25) is 5.02 Å². The third-order valence-corrected chi connectivity index (χ3v) is 8.71. The van der Waals surface area contributed by atoms with Gasteiger partial charge >= 0.3 is 5.97 Å². The summed E-state index contributed by atoms with van der Waals surface area (Å²) in [4.78, 5) is 45.7. The molecule has 2 N–H and O–H groups in total. The van der Waals surface area contributed by atoms with Crippen LogP contribution in [0.5, 0.6) is 17.2 Å². The molecule has 4 rings (SSSR count). The van der Waals surface area contributed by atoms with Gasteiger partial charge in [-0.05, 0) is 103 Å². The van der Waals surface area contributed by atoms with Crippen LogP contribution in [0.4, 0.5) is 0 Å². The number of pyridine rings is 2. The van der Waals surface area contributed by atoms with Gasteiger partial charge in [0.1, 0.15) is 6.04 Å². The van der Waals surface area contributed by atoms with Crippen LogP contribution in [-0.2, 0) is 29.0 Å². The number of rotatable bonds is 18. The van der Waals surface area contributed by atoms with Gasteiger partial charge in [-0.1, -0.05) is 37.6 Å². The first-order valence-electron chi connectivity index (χ1n) is 17.1. The first kappa shape index (κ1) is 41.4. The number of aliphatic carboxylic acids is 1. The van der Waals surface area contributed by atoms with Crippen molar-refractivity contribution in [3.8, 4) is 17.2 Å². The SMILES string of the molecule is COc1cc(C(=O)C(=O)N(C)[C@@H](CC(C)C)C(=O)O)cc(OC)c1OC.Clc1ccc(CNC(CCc2ccncc2)CCc2ccncc2)cc1. The van der Waals surface area contributed by atoms with Gasteiger partial charge in [0.15, 0.2) is 11.5 Å². The number of ketones is 1. The fourth-order valence-corrected chi connectivity index (χ4v) is 5.63. The molecule has 2 heterocycles. The van der Waals surface area contributed by atoms with Gasteiger partial charge in [0.25, 0.3) is 11.7 Å². The summed E-state index contributed by atoms with van der Waals surface area (Å²) in [6.45, 7) is 4.54. The summed E-state index contributed by atoms with van der Waals surface area (Å²) in [6.07, 6.45) is 12.0. The van der Waals surface area contributed by atoms with Crippen molar-refractivity contribution >= 4 is 29.3 Å². The lowest BCUT2D eigenvalue weighted by atomic mass is 9.99. The van der Waals surface area contributed by atoms with Gasteiger partial charge in [0.05, 0.1) is 21.3 Å². The van der Waals surface area contributed by atoms with Gasteiger partial charge in [-0.15, -0.1) is 0 Å². The fourth-order valence-electron chi connectivity index (χ4n) is 5.50. The second-order valence-corrected chi connectivity index (χ2v) is 13.1. The standard InChI is InChI=1S/C22H24ClN3.C18H25NO7/c23-21-5-1-20(2-6-21)17-26-22(7-3-18-9-13-24-14-10-18)8-4-19-11-15-25-16-12-19;1-10(2)7-12(18(22)23)19(3)17(21)15(20)11-8-13(24-4)16(26-6)14(9-11)25-5/h1-2,5-6,9-16,22,26H,3-4,7-8,17H2;8-10,12H,7H2,1-6H3,(H,22,23)/t;12-/m.0/s1. The molecule has 1 atom stereocenters. The van der Waals surface area contributed by atoms with Crippen molar-refractivity contribution in [2.75, 3.05) is 28.4 Å². The Morgan fingerprint density at radius 2 is 1.29 bits per heavy atom. The second-order valence-electron chi connectivity index (χ2n) is 12.6. The second kappa shape index (κ2) is 21.4. The average molecular weight is 733 g/mol. The lowest BCUT2D eigenvalue weighted by Gasteiger charge is -2.25. The van der Waals surface area contributed by atoms with Gasteiger partial charge in [-0.3, -0.25) is 19.6 Å². The zero-order valence-electron chi connectivity index (χ0n) is 30.7. The number of methoxy groups -OCH3 is 3. The number of halogens is 1. The molecule has 0 spiro atoms. The first-order chi connectivity index (χ1) is 25.0. The van der Waals surface area contributed by atoms with E-state index >= 15 is 0 Å². The minimum absolute atomic E-state index is 0.0186. The van der Waals surface area contributed by atoms with Crippen molar-refractivity contribution in [1.29, 1.82) is 0 Å². The lowest BCUT2D eigenvalue weighted by Crippen LogP contribution is -2.46. The number of likely N-dealkylation sites (N-methyl/N-ethyl adjacent to an activating group) is 1. The molecule has 278 valence electrons. The van der Waals surface area contributed by atoms with E-state index in [0.717, 1.165) is 42.2 Å². The van der Waals surface area contributed by atoms with Crippen LogP contribution >= 0.6 is 11.6 Å². The van der Waals surface area contributed by atoms with Crippen molar-refractivity contribution in [2.24, 2.45) is 5.92 Å². The number of hydrogen-bond donors (Lipinski definition) is 2. The Kier molecular flexibility index (Phi) is 17.0. The molecule has 0 aliphatic rings. The molecular formula is C40H49ClN4O7. The van der Waals surface area contributed by atoms with Gasteiger partial charge < -0.3 is 29.5 Å². The third kappa shape index (κ3) is 13.0. The summed E-state index contributed by atoms with van der Waals surface area (Å²) in [5.74, 6) is -2.16. The molecule has 0 saturated carbocycles. The molecule has 0 fully saturated rings. The summed E-state index contributed by atoms with van der Waals surface area (Å²) >= 11 is 5.98. The quantitative estimate of drug-likeness (QED) is 0.0839. The number of Topliss-reactive ketones (excluding diaryl/α,β-unsaturated/α-hetero) is 1. The Morgan fingerprint density at radius 3 is 1.71 bits per heavy atom. The number of amides is 1. The van der Waals surface area contributed by atoms with E-state index in [9.17, 15) is 19.5 Å². The molecule has 0 aliphatic carbocycles. The van der Waals surface area contributed by atoms with E-state index in [1.165, 1.54) is 57.2 Å². The maximum absolute atomic E-state index is 12.6. The highest BCUT2D eigenvalue weighted by Crippen LogP contribution is 2.38. The Hall–Kier alpha value is -5.00. The summed E-state index contributed by atoms with van der Waals surface area (Å²) in [5, 5.41) is 13.9. The highest BCUT2D eigenvalue weighted by Gasteiger charge is 2.32. The number of nitrogens with one attached hydrogen (secondary N) is 1. The molecule has 0 saturated heterocycles. The van der Waals surface area contributed by atoms with Crippen LogP contribution < -0.4 is 19.5 Å². The maximum atomic E-state index is 12.6. The van der Waals surface area contributed by atoms with Gasteiger partial charge in [-0.25, -0.2) is 4.79 Å². The van der Waals surface area contributed by atoms with Crippen LogP contribution in [0, 0.1) is 5.92 Å². The number of carboxylic acid groups (broad SMARTS) is 1. The molecule has 0 radical (unpaired) electrons. The molecule has 11 nitrogen and oxygen atoms in total. The van der Waals surface area contributed by atoms with Crippen LogP contribution in [0.15, 0.2) is 85.5 Å². The van der Waals surface area contributed by atoms with E-state index in [0.29, 0.717) is 6.04 Å². The Morgan fingerprint density at radius 1 is 0.788 bits per heavy atom. The van der Waals surface area contributed by atoms with Crippen molar-refractivity contribution < 1.29 is 33.7 Å². The number of carbonyl (C=O) groups excluding carboxylic acids is 2. The van der Waals surface area contributed by atoms with Crippen LogP contribution in [-0.4, -0.2) is 78.1 Å². The number of nitrogens with zero attached hydrogens (tertiary/aromatic N) is 3. The highest BCUT2D eigenvalue weighted by atomic mass is 35.5. The van der Waals surface area contributed by atoms with Crippen LogP contribution in [0.1, 0.15) is 60.2 Å². The van der Waals surface area contributed by atoms with Crippen LogP contribution in [0.3, 0.4) is 0 Å². The number of aryl methyl sites for hydroxylation is 2. The molecule has 12 heteroatoms. The van der Waals surface area contributed by atoms with Gasteiger partial charge in [-0.2, -0.15) is 0 Å². The van der Waals surface area contributed by atoms with Crippen molar-refractivity contribution in [2.45, 2.75) is 64.6 Å². The molecule has 4 aromatic rings. The highest BCUT2D eigenvalue weighted by molar-refractivity contribution is 6.43. The molecule has 1 amide bonds. The lowest BCUT2D eigenvalue weighted by molar-refractivity contribution is -0.148. The summed E-state index contributed by atoms with van der Waals surface area (Å²) in [6, 6.07) is 18.5. The van der Waals surface area contributed by atoms with E-state index in [1.807, 2.05) is 50.8 Å². The number of ether oxygens (including phenoxy) is 3. The molecular weight excluding hydrogens is 684 g/mol. The number of aromatic nitrogens is 2. The summed E-state index contributed by atoms with van der Waals surface area (Å²) in [7, 11) is 5.51. The predicted molar refractivity (Wildman–Crippen MR) is 201 cm³/mol. The van der Waals surface area contributed by atoms with Gasteiger partial charge in [0.2, 0.25) is 5.75 Å². The van der Waals surface area contributed by atoms with E-state index in [1.54, 1.807) is 0 Å². The molecule has 0 bridgehead atoms. The average Bonchev–Trinajstić information content (AvgIpc) is 3.16. The number of benzene rings is 2. The molecule has 2 aromatic heterocycles. The third-order valence-electron chi connectivity index (χ3n) is 8.46. The topological polar surface area (TPSA) is 140 Å². The molecule has 2 aromatic carbocycles. The Bertz CT molecular complexity index is 1640. The Labute approximate surface area is 311 Å².